The molecule has 1 aliphatic rings. The van der Waals surface area contributed by atoms with E-state index in [1.165, 1.54) is 0 Å². The second kappa shape index (κ2) is 6.44. The first-order valence-corrected chi connectivity index (χ1v) is 7.14. The van der Waals surface area contributed by atoms with Gasteiger partial charge in [-0.1, -0.05) is 0 Å². The van der Waals surface area contributed by atoms with Gasteiger partial charge in [0.05, 0.1) is 6.61 Å². The molecule has 0 amide bonds. The Labute approximate surface area is 127 Å². The van der Waals surface area contributed by atoms with Crippen LogP contribution in [0.3, 0.4) is 0 Å². The molecule has 0 bridgehead atoms. The number of rotatable bonds is 2. The fourth-order valence-electron chi connectivity index (χ4n) is 1.34. The van der Waals surface area contributed by atoms with Gasteiger partial charge < -0.3 is 29.9 Å². The highest BCUT2D eigenvalue weighted by atomic mass is 80.0. The number of alkyl halides is 3. The van der Waals surface area contributed by atoms with Crippen LogP contribution in [-0.2, 0) is 14.3 Å². The highest BCUT2D eigenvalue weighted by Gasteiger charge is 2.46. The van der Waals surface area contributed by atoms with Crippen molar-refractivity contribution >= 4 is 53.8 Å². The van der Waals surface area contributed by atoms with Crippen LogP contribution in [-0.4, -0.2) is 65.9 Å². The monoisotopic (exact) mass is 456 g/mol. The number of ether oxygens (including phenoxy) is 2. The molecule has 0 aromatic carbocycles. The lowest BCUT2D eigenvalue weighted by Gasteiger charge is -2.39. The second-order valence-electron chi connectivity index (χ2n) is 3.60. The van der Waals surface area contributed by atoms with Crippen LogP contribution in [0.15, 0.2) is 0 Å². The average molecular weight is 459 g/mol. The van der Waals surface area contributed by atoms with E-state index in [9.17, 15) is 20.1 Å². The maximum absolute atomic E-state index is 11.5. The van der Waals surface area contributed by atoms with E-state index in [4.69, 9.17) is 14.6 Å². The van der Waals surface area contributed by atoms with Crippen molar-refractivity contribution in [2.24, 2.45) is 0 Å². The average Bonchev–Trinajstić information content (AvgIpc) is 2.28. The van der Waals surface area contributed by atoms with E-state index in [1.807, 2.05) is 0 Å². The van der Waals surface area contributed by atoms with E-state index >= 15 is 0 Å². The molecule has 0 saturated carbocycles. The van der Waals surface area contributed by atoms with Gasteiger partial charge in [0, 0.05) is 0 Å². The summed E-state index contributed by atoms with van der Waals surface area (Å²) in [6.45, 7) is -0.596. The van der Waals surface area contributed by atoms with Crippen molar-refractivity contribution in [3.63, 3.8) is 0 Å². The molecular weight excluding hydrogens is 448 g/mol. The number of esters is 1. The van der Waals surface area contributed by atoms with Gasteiger partial charge in [0.25, 0.3) is 0 Å². The second-order valence-corrected chi connectivity index (χ2v) is 10.4. The topological polar surface area (TPSA) is 116 Å². The van der Waals surface area contributed by atoms with E-state index in [0.717, 1.165) is 0 Å². The maximum Gasteiger partial charge on any atom is 0.347 e. The van der Waals surface area contributed by atoms with E-state index in [-0.39, 0.29) is 0 Å². The molecule has 10 heteroatoms. The first-order valence-electron chi connectivity index (χ1n) is 4.76. The molecule has 1 rings (SSSR count). The zero-order chi connectivity index (χ0) is 14.1. The molecular formula is C8H11Br3O7. The first-order chi connectivity index (χ1) is 8.18. The summed E-state index contributed by atoms with van der Waals surface area (Å²) in [5.74, 6) is -0.869. The predicted octanol–water partition coefficient (Wildman–Crippen LogP) is -0.832. The molecule has 0 aliphatic carbocycles. The summed E-state index contributed by atoms with van der Waals surface area (Å²) in [5, 5.41) is 37.5. The zero-order valence-electron chi connectivity index (χ0n) is 8.74. The molecule has 7 nitrogen and oxygen atoms in total. The Bertz CT molecular complexity index is 306. The number of carbonyl (C=O) groups excluding carboxylic acids is 1. The first kappa shape index (κ1) is 16.8. The van der Waals surface area contributed by atoms with Crippen LogP contribution in [0.25, 0.3) is 0 Å². The smallest absolute Gasteiger partial charge is 0.347 e. The summed E-state index contributed by atoms with van der Waals surface area (Å²) in [5.41, 5.74) is 0. The van der Waals surface area contributed by atoms with Crippen molar-refractivity contribution in [2.45, 2.75) is 32.8 Å². The summed E-state index contributed by atoms with van der Waals surface area (Å²) in [7, 11) is 0. The fraction of sp³-hybridized carbons (Fsp3) is 0.875. The molecule has 1 aliphatic heterocycles. The van der Waals surface area contributed by atoms with Gasteiger partial charge in [0.15, 0.2) is 0 Å². The molecule has 1 saturated heterocycles. The fourth-order valence-corrected chi connectivity index (χ4v) is 1.62. The van der Waals surface area contributed by atoms with Crippen LogP contribution < -0.4 is 0 Å². The molecule has 18 heavy (non-hydrogen) atoms. The third-order valence-corrected chi connectivity index (χ3v) is 3.27. The summed E-state index contributed by atoms with van der Waals surface area (Å²) in [6, 6.07) is 0. The number of aliphatic hydroxyl groups excluding tert-OH is 4. The largest absolute Gasteiger partial charge is 0.430 e. The van der Waals surface area contributed by atoms with Gasteiger partial charge in [-0.15, -0.1) is 0 Å². The van der Waals surface area contributed by atoms with E-state index in [0.29, 0.717) is 0 Å². The number of halogens is 3. The Morgan fingerprint density at radius 2 is 1.72 bits per heavy atom. The lowest BCUT2D eigenvalue weighted by Crippen LogP contribution is -2.59. The number of carbonyl (C=O) groups is 1. The van der Waals surface area contributed by atoms with Gasteiger partial charge in [0.2, 0.25) is 8.43 Å². The zero-order valence-corrected chi connectivity index (χ0v) is 13.5. The Hall–Kier alpha value is 0.710. The summed E-state index contributed by atoms with van der Waals surface area (Å²) in [6.07, 6.45) is -7.34. The molecule has 1 fully saturated rings. The van der Waals surface area contributed by atoms with E-state index < -0.39 is 45.4 Å². The number of hydrogen-bond donors (Lipinski definition) is 4. The normalized spacial score (nSPS) is 37.4. The van der Waals surface area contributed by atoms with Crippen LogP contribution in [0.4, 0.5) is 0 Å². The molecule has 5 atom stereocenters. The maximum atomic E-state index is 11.5. The summed E-state index contributed by atoms with van der Waals surface area (Å²) in [4.78, 5) is 11.5. The standard InChI is InChI=1S/C8H11Br3O7/c9-8(10,11)7(16)18-6-5(15)4(14)3(13)2(1-12)17-6/h2-6,12-15H,1H2/t2-,3+,4+,5-,6?/m1/s1. The van der Waals surface area contributed by atoms with Crippen LogP contribution in [0.2, 0.25) is 0 Å². The van der Waals surface area contributed by atoms with Crippen molar-refractivity contribution in [2.75, 3.05) is 6.61 Å². The van der Waals surface area contributed by atoms with Gasteiger partial charge >= 0.3 is 5.97 Å². The minimum absolute atomic E-state index is 0.596. The van der Waals surface area contributed by atoms with Crippen molar-refractivity contribution in [3.8, 4) is 0 Å². The Kier molecular flexibility index (Phi) is 6.00. The SMILES string of the molecule is O=C(OC1O[C@H](CO)[C@H](O)[C@H](O)[C@H]1O)C(Br)(Br)Br. The third kappa shape index (κ3) is 3.85. The van der Waals surface area contributed by atoms with Gasteiger partial charge in [-0.3, -0.25) is 0 Å². The van der Waals surface area contributed by atoms with Gasteiger partial charge in [0.1, 0.15) is 24.4 Å². The quantitative estimate of drug-likeness (QED) is 0.315. The van der Waals surface area contributed by atoms with Crippen LogP contribution in [0, 0.1) is 0 Å². The molecule has 1 unspecified atom stereocenters. The molecule has 0 aromatic rings. The number of aliphatic hydroxyl groups is 4. The molecule has 0 aromatic heterocycles. The lowest BCUT2D eigenvalue weighted by molar-refractivity contribution is -0.292. The van der Waals surface area contributed by atoms with Crippen molar-refractivity contribution in [3.05, 3.63) is 0 Å². The van der Waals surface area contributed by atoms with Crippen LogP contribution in [0.1, 0.15) is 0 Å². The molecule has 0 radical (unpaired) electrons. The van der Waals surface area contributed by atoms with Gasteiger partial charge in [-0.25, -0.2) is 4.79 Å². The molecule has 4 N–H and O–H groups in total. The summed E-state index contributed by atoms with van der Waals surface area (Å²) < 4.78 is 8.41. The van der Waals surface area contributed by atoms with Gasteiger partial charge in [-0.2, -0.15) is 0 Å². The summed E-state index contributed by atoms with van der Waals surface area (Å²) >= 11 is 8.73. The Balaban J connectivity index is 2.74. The van der Waals surface area contributed by atoms with Crippen molar-refractivity contribution in [1.82, 2.24) is 0 Å². The van der Waals surface area contributed by atoms with Gasteiger partial charge in [-0.05, 0) is 47.8 Å². The minimum atomic E-state index is -1.62. The minimum Gasteiger partial charge on any atom is -0.430 e. The highest BCUT2D eigenvalue weighted by molar-refractivity contribution is 9.40. The molecule has 1 heterocycles. The van der Waals surface area contributed by atoms with E-state index in [2.05, 4.69) is 47.8 Å². The van der Waals surface area contributed by atoms with Crippen molar-refractivity contribution < 1.29 is 34.7 Å². The molecule has 0 spiro atoms. The Morgan fingerprint density at radius 3 is 2.17 bits per heavy atom. The number of hydrogen-bond acceptors (Lipinski definition) is 7. The predicted molar refractivity (Wildman–Crippen MR) is 69.4 cm³/mol. The van der Waals surface area contributed by atoms with E-state index in [1.54, 1.807) is 0 Å². The van der Waals surface area contributed by atoms with Crippen molar-refractivity contribution in [1.29, 1.82) is 0 Å². The van der Waals surface area contributed by atoms with Crippen LogP contribution in [0.5, 0.6) is 0 Å². The highest BCUT2D eigenvalue weighted by Crippen LogP contribution is 2.36. The lowest BCUT2D eigenvalue weighted by atomic mass is 9.99. The third-order valence-electron chi connectivity index (χ3n) is 2.30. The molecule has 106 valence electrons. The van der Waals surface area contributed by atoms with Crippen LogP contribution >= 0.6 is 47.8 Å². The Morgan fingerprint density at radius 1 is 1.17 bits per heavy atom.